The predicted octanol–water partition coefficient (Wildman–Crippen LogP) is 1.26. The Bertz CT molecular complexity index is 206. The van der Waals surface area contributed by atoms with Crippen molar-refractivity contribution in [2.24, 2.45) is 5.11 Å². The Morgan fingerprint density at radius 1 is 1.82 bits per heavy atom. The fraction of sp³-hybridized carbons (Fsp3) is 0.800. The van der Waals surface area contributed by atoms with Crippen molar-refractivity contribution in [3.63, 3.8) is 0 Å². The van der Waals surface area contributed by atoms with E-state index in [2.05, 4.69) is 10.0 Å². The second kappa shape index (κ2) is 3.50. The number of thioether (sulfide) groups is 1. The van der Waals surface area contributed by atoms with Gasteiger partial charge in [0.25, 0.3) is 0 Å². The molecular formula is C5H7N3O2S. The van der Waals surface area contributed by atoms with Crippen molar-refractivity contribution < 1.29 is 9.90 Å². The summed E-state index contributed by atoms with van der Waals surface area (Å²) in [6, 6.07) is -0.133. The molecule has 0 aromatic rings. The van der Waals surface area contributed by atoms with Gasteiger partial charge in [-0.15, -0.1) is 11.8 Å². The highest BCUT2D eigenvalue weighted by molar-refractivity contribution is 8.00. The fourth-order valence-corrected chi connectivity index (χ4v) is 2.09. The molecule has 1 aliphatic heterocycles. The zero-order chi connectivity index (χ0) is 8.27. The minimum Gasteiger partial charge on any atom is -0.480 e. The molecule has 0 spiro atoms. The molecule has 0 saturated carbocycles. The maximum Gasteiger partial charge on any atom is 0.316 e. The maximum absolute atomic E-state index is 10.4. The lowest BCUT2D eigenvalue weighted by Gasteiger charge is -1.98. The molecule has 2 atom stereocenters. The highest BCUT2D eigenvalue weighted by atomic mass is 32.2. The number of nitrogens with zero attached hydrogens (tertiary/aromatic N) is 3. The van der Waals surface area contributed by atoms with Crippen molar-refractivity contribution in [3.05, 3.63) is 10.4 Å². The molecule has 1 heterocycles. The third kappa shape index (κ3) is 2.03. The van der Waals surface area contributed by atoms with Crippen LogP contribution in [-0.4, -0.2) is 28.1 Å². The minimum absolute atomic E-state index is 0.133. The lowest BCUT2D eigenvalue weighted by atomic mass is 10.2. The van der Waals surface area contributed by atoms with Gasteiger partial charge >= 0.3 is 5.97 Å². The van der Waals surface area contributed by atoms with Gasteiger partial charge < -0.3 is 5.11 Å². The molecule has 6 heteroatoms. The van der Waals surface area contributed by atoms with E-state index >= 15 is 0 Å². The van der Waals surface area contributed by atoms with Crippen LogP contribution in [0.3, 0.4) is 0 Å². The normalized spacial score (nSPS) is 29.5. The van der Waals surface area contributed by atoms with Crippen LogP contribution in [0.4, 0.5) is 0 Å². The molecule has 11 heavy (non-hydrogen) atoms. The molecule has 1 aliphatic rings. The van der Waals surface area contributed by atoms with Gasteiger partial charge in [0.15, 0.2) is 0 Å². The SMILES string of the molecule is [N-]=[N+]=NC1CSC(C(=O)O)C1. The summed E-state index contributed by atoms with van der Waals surface area (Å²) in [5, 5.41) is 11.6. The third-order valence-corrected chi connectivity index (χ3v) is 2.84. The number of carbonyl (C=O) groups is 1. The van der Waals surface area contributed by atoms with E-state index < -0.39 is 5.97 Å². The van der Waals surface area contributed by atoms with E-state index in [1.165, 1.54) is 11.8 Å². The summed E-state index contributed by atoms with van der Waals surface area (Å²) >= 11 is 1.33. The van der Waals surface area contributed by atoms with Gasteiger partial charge in [-0.2, -0.15) is 0 Å². The summed E-state index contributed by atoms with van der Waals surface area (Å²) in [4.78, 5) is 13.0. The van der Waals surface area contributed by atoms with Crippen molar-refractivity contribution >= 4 is 17.7 Å². The van der Waals surface area contributed by atoms with E-state index in [4.69, 9.17) is 10.6 Å². The van der Waals surface area contributed by atoms with Gasteiger partial charge in [0.05, 0.1) is 0 Å². The number of azide groups is 1. The first-order chi connectivity index (χ1) is 5.24. The van der Waals surface area contributed by atoms with E-state index in [1.54, 1.807) is 0 Å². The molecule has 0 aromatic carbocycles. The highest BCUT2D eigenvalue weighted by Crippen LogP contribution is 2.28. The lowest BCUT2D eigenvalue weighted by molar-refractivity contribution is -0.136. The van der Waals surface area contributed by atoms with Crippen LogP contribution in [0, 0.1) is 0 Å². The van der Waals surface area contributed by atoms with Crippen LogP contribution in [0.5, 0.6) is 0 Å². The van der Waals surface area contributed by atoms with Crippen LogP contribution in [-0.2, 0) is 4.79 Å². The van der Waals surface area contributed by atoms with Gasteiger partial charge in [-0.05, 0) is 12.0 Å². The summed E-state index contributed by atoms with van der Waals surface area (Å²) < 4.78 is 0. The summed E-state index contributed by atoms with van der Waals surface area (Å²) in [5.74, 6) is -0.188. The van der Waals surface area contributed by atoms with Gasteiger partial charge in [0.1, 0.15) is 5.25 Å². The van der Waals surface area contributed by atoms with E-state index in [-0.39, 0.29) is 11.3 Å². The predicted molar refractivity (Wildman–Crippen MR) is 41.4 cm³/mol. The number of aliphatic carboxylic acids is 1. The molecule has 1 saturated heterocycles. The van der Waals surface area contributed by atoms with Gasteiger partial charge in [0.2, 0.25) is 0 Å². The Kier molecular flexibility index (Phi) is 2.62. The molecule has 60 valence electrons. The van der Waals surface area contributed by atoms with Crippen molar-refractivity contribution in [2.75, 3.05) is 5.75 Å². The Morgan fingerprint density at radius 2 is 2.55 bits per heavy atom. The molecule has 1 fully saturated rings. The molecule has 0 radical (unpaired) electrons. The van der Waals surface area contributed by atoms with Gasteiger partial charge in [-0.1, -0.05) is 5.11 Å². The Hall–Kier alpha value is -0.870. The standard InChI is InChI=1S/C5H7N3O2S/c6-8-7-3-1-4(5(9)10)11-2-3/h3-4H,1-2H2,(H,9,10). The van der Waals surface area contributed by atoms with Gasteiger partial charge in [-0.3, -0.25) is 4.79 Å². The van der Waals surface area contributed by atoms with Crippen molar-refractivity contribution in [2.45, 2.75) is 17.7 Å². The quantitative estimate of drug-likeness (QED) is 0.387. The molecule has 5 nitrogen and oxygen atoms in total. The first kappa shape index (κ1) is 8.23. The summed E-state index contributed by atoms with van der Waals surface area (Å²) in [5.41, 5.74) is 8.05. The van der Waals surface area contributed by atoms with E-state index in [0.29, 0.717) is 12.2 Å². The molecule has 2 unspecified atom stereocenters. The van der Waals surface area contributed by atoms with Crippen LogP contribution < -0.4 is 0 Å². The number of carboxylic acid groups (broad SMARTS) is 1. The number of hydrogen-bond acceptors (Lipinski definition) is 3. The molecule has 0 amide bonds. The Balaban J connectivity index is 2.46. The molecule has 1 rings (SSSR count). The zero-order valence-corrected chi connectivity index (χ0v) is 6.49. The summed E-state index contributed by atoms with van der Waals surface area (Å²) in [7, 11) is 0. The monoisotopic (exact) mass is 173 g/mol. The van der Waals surface area contributed by atoms with E-state index in [0.717, 1.165) is 0 Å². The first-order valence-electron chi connectivity index (χ1n) is 3.12. The van der Waals surface area contributed by atoms with E-state index in [1.807, 2.05) is 0 Å². The van der Waals surface area contributed by atoms with Crippen LogP contribution >= 0.6 is 11.8 Å². The second-order valence-corrected chi connectivity index (χ2v) is 3.49. The van der Waals surface area contributed by atoms with Gasteiger partial charge in [0, 0.05) is 16.7 Å². The minimum atomic E-state index is -0.814. The van der Waals surface area contributed by atoms with Gasteiger partial charge in [-0.25, -0.2) is 0 Å². The van der Waals surface area contributed by atoms with Crippen LogP contribution in [0.2, 0.25) is 0 Å². The number of hydrogen-bond donors (Lipinski definition) is 1. The van der Waals surface area contributed by atoms with Crippen molar-refractivity contribution in [3.8, 4) is 0 Å². The average molecular weight is 173 g/mol. The zero-order valence-electron chi connectivity index (χ0n) is 5.67. The smallest absolute Gasteiger partial charge is 0.316 e. The third-order valence-electron chi connectivity index (χ3n) is 1.47. The Labute approximate surface area is 67.4 Å². The first-order valence-corrected chi connectivity index (χ1v) is 4.17. The Morgan fingerprint density at radius 3 is 3.00 bits per heavy atom. The largest absolute Gasteiger partial charge is 0.480 e. The molecule has 0 bridgehead atoms. The number of rotatable bonds is 2. The molecule has 0 aliphatic carbocycles. The van der Waals surface area contributed by atoms with Crippen LogP contribution in [0.1, 0.15) is 6.42 Å². The average Bonchev–Trinajstić information content (AvgIpc) is 2.37. The summed E-state index contributed by atoms with van der Waals surface area (Å²) in [6.45, 7) is 0. The number of carboxylic acids is 1. The van der Waals surface area contributed by atoms with E-state index in [9.17, 15) is 4.79 Å². The second-order valence-electron chi connectivity index (χ2n) is 2.25. The van der Waals surface area contributed by atoms with Crippen molar-refractivity contribution in [1.29, 1.82) is 0 Å². The molecule has 0 aromatic heterocycles. The summed E-state index contributed by atoms with van der Waals surface area (Å²) in [6.07, 6.45) is 0.462. The topological polar surface area (TPSA) is 86.1 Å². The maximum atomic E-state index is 10.4. The molecular weight excluding hydrogens is 166 g/mol. The van der Waals surface area contributed by atoms with Crippen LogP contribution in [0.25, 0.3) is 10.4 Å². The lowest BCUT2D eigenvalue weighted by Crippen LogP contribution is -2.14. The molecule has 1 N–H and O–H groups in total. The van der Waals surface area contributed by atoms with Crippen molar-refractivity contribution in [1.82, 2.24) is 0 Å². The van der Waals surface area contributed by atoms with Crippen LogP contribution in [0.15, 0.2) is 5.11 Å². The highest BCUT2D eigenvalue weighted by Gasteiger charge is 2.29. The fourth-order valence-electron chi connectivity index (χ4n) is 0.936.